The molecule has 0 fully saturated rings. The predicted molar refractivity (Wildman–Crippen MR) is 51.2 cm³/mol. The molecule has 0 aromatic rings. The van der Waals surface area contributed by atoms with E-state index in [1.807, 2.05) is 20.8 Å². The Morgan fingerprint density at radius 2 is 1.62 bits per heavy atom. The number of hydrogen-bond donors (Lipinski definition) is 2. The highest BCUT2D eigenvalue weighted by Gasteiger charge is 2.26. The summed E-state index contributed by atoms with van der Waals surface area (Å²) in [5, 5.41) is 5.51. The highest BCUT2D eigenvalue weighted by molar-refractivity contribution is 5.75. The lowest BCUT2D eigenvalue weighted by atomic mass is 9.96. The predicted octanol–water partition coefficient (Wildman–Crippen LogP) is 0.426. The van der Waals surface area contributed by atoms with Crippen molar-refractivity contribution in [3.63, 3.8) is 0 Å². The van der Waals surface area contributed by atoms with E-state index in [9.17, 15) is 9.59 Å². The summed E-state index contributed by atoms with van der Waals surface area (Å²) in [6.07, 6.45) is 0. The van der Waals surface area contributed by atoms with Crippen LogP contribution in [0.15, 0.2) is 0 Å². The van der Waals surface area contributed by atoms with Crippen LogP contribution in [0.3, 0.4) is 0 Å². The molecule has 1 unspecified atom stereocenters. The number of amides is 2. The van der Waals surface area contributed by atoms with Gasteiger partial charge in [0.05, 0.1) is 5.54 Å². The van der Waals surface area contributed by atoms with Crippen LogP contribution in [-0.2, 0) is 9.59 Å². The third-order valence-corrected chi connectivity index (χ3v) is 2.00. The van der Waals surface area contributed by atoms with Gasteiger partial charge in [0.15, 0.2) is 0 Å². The summed E-state index contributed by atoms with van der Waals surface area (Å²) in [7, 11) is 0. The minimum absolute atomic E-state index is 0.0890. The second kappa shape index (κ2) is 4.25. The molecule has 4 heteroatoms. The lowest BCUT2D eigenvalue weighted by Gasteiger charge is -2.32. The molecule has 0 radical (unpaired) electrons. The molecule has 0 saturated heterocycles. The Morgan fingerprint density at radius 1 is 1.15 bits per heavy atom. The number of carbonyl (C=O) groups excluding carboxylic acids is 2. The van der Waals surface area contributed by atoms with Crippen LogP contribution in [0.1, 0.15) is 34.6 Å². The summed E-state index contributed by atoms with van der Waals surface area (Å²) in [5.41, 5.74) is -0.419. The van der Waals surface area contributed by atoms with Crippen molar-refractivity contribution in [3.05, 3.63) is 0 Å². The summed E-state index contributed by atoms with van der Waals surface area (Å²) >= 11 is 0. The van der Waals surface area contributed by atoms with Crippen LogP contribution in [0.5, 0.6) is 0 Å². The first kappa shape index (κ1) is 11.9. The Hall–Kier alpha value is -1.06. The molecule has 0 aromatic heterocycles. The summed E-state index contributed by atoms with van der Waals surface area (Å²) in [6.45, 7) is 8.52. The third kappa shape index (κ3) is 4.50. The average molecular weight is 186 g/mol. The fourth-order valence-corrected chi connectivity index (χ4v) is 1.05. The van der Waals surface area contributed by atoms with Gasteiger partial charge in [0, 0.05) is 19.9 Å². The minimum Gasteiger partial charge on any atom is -0.352 e. The second-order valence-corrected chi connectivity index (χ2v) is 3.83. The van der Waals surface area contributed by atoms with Crippen molar-refractivity contribution < 1.29 is 9.59 Å². The monoisotopic (exact) mass is 186 g/mol. The first-order chi connectivity index (χ1) is 5.75. The molecule has 0 aliphatic heterocycles. The summed E-state index contributed by atoms with van der Waals surface area (Å²) in [5.74, 6) is -0.187. The lowest BCUT2D eigenvalue weighted by Crippen LogP contribution is -2.56. The standard InChI is InChI=1S/C9H18N2O2/c1-6(10-7(2)12)9(4,5)11-8(3)13/h6H,1-5H3,(H,10,12)(H,11,13). The fraction of sp³-hybridized carbons (Fsp3) is 0.778. The molecule has 2 N–H and O–H groups in total. The molecular formula is C9H18N2O2. The fourth-order valence-electron chi connectivity index (χ4n) is 1.05. The zero-order chi connectivity index (χ0) is 10.6. The number of carbonyl (C=O) groups is 2. The van der Waals surface area contributed by atoms with Crippen LogP contribution in [0, 0.1) is 0 Å². The van der Waals surface area contributed by atoms with Crippen molar-refractivity contribution in [2.75, 3.05) is 0 Å². The molecule has 76 valence electrons. The molecule has 0 spiro atoms. The van der Waals surface area contributed by atoms with Gasteiger partial charge >= 0.3 is 0 Å². The zero-order valence-corrected chi connectivity index (χ0v) is 8.89. The van der Waals surface area contributed by atoms with Crippen molar-refractivity contribution >= 4 is 11.8 Å². The van der Waals surface area contributed by atoms with Crippen LogP contribution in [0.25, 0.3) is 0 Å². The Labute approximate surface area is 79.1 Å². The Kier molecular flexibility index (Phi) is 3.91. The number of hydrogen-bond acceptors (Lipinski definition) is 2. The van der Waals surface area contributed by atoms with Crippen molar-refractivity contribution in [1.82, 2.24) is 10.6 Å². The molecule has 0 aliphatic carbocycles. The van der Waals surface area contributed by atoms with Gasteiger partial charge in [0.1, 0.15) is 0 Å². The number of rotatable bonds is 3. The largest absolute Gasteiger partial charge is 0.352 e. The third-order valence-electron chi connectivity index (χ3n) is 2.00. The molecule has 13 heavy (non-hydrogen) atoms. The van der Waals surface area contributed by atoms with Crippen LogP contribution >= 0.6 is 0 Å². The van der Waals surface area contributed by atoms with E-state index in [4.69, 9.17) is 0 Å². The normalized spacial score (nSPS) is 13.3. The Balaban J connectivity index is 4.25. The maximum Gasteiger partial charge on any atom is 0.217 e. The van der Waals surface area contributed by atoms with Crippen molar-refractivity contribution in [2.24, 2.45) is 0 Å². The quantitative estimate of drug-likeness (QED) is 0.671. The van der Waals surface area contributed by atoms with Gasteiger partial charge in [0.2, 0.25) is 11.8 Å². The molecule has 0 rings (SSSR count). The summed E-state index contributed by atoms with van der Waals surface area (Å²) in [6, 6.07) is -0.0890. The molecule has 4 nitrogen and oxygen atoms in total. The first-order valence-electron chi connectivity index (χ1n) is 4.31. The molecular weight excluding hydrogens is 168 g/mol. The molecule has 0 aromatic carbocycles. The van der Waals surface area contributed by atoms with E-state index >= 15 is 0 Å². The van der Waals surface area contributed by atoms with Crippen molar-refractivity contribution in [3.8, 4) is 0 Å². The number of nitrogens with one attached hydrogen (secondary N) is 2. The zero-order valence-electron chi connectivity index (χ0n) is 8.89. The Bertz CT molecular complexity index is 212. The molecule has 0 bridgehead atoms. The van der Waals surface area contributed by atoms with Gasteiger partial charge in [-0.15, -0.1) is 0 Å². The van der Waals surface area contributed by atoms with Crippen LogP contribution in [-0.4, -0.2) is 23.4 Å². The van der Waals surface area contributed by atoms with E-state index in [0.717, 1.165) is 0 Å². The summed E-state index contributed by atoms with van der Waals surface area (Å²) in [4.78, 5) is 21.6. The molecule has 2 amide bonds. The first-order valence-corrected chi connectivity index (χ1v) is 4.31. The van der Waals surface area contributed by atoms with Crippen molar-refractivity contribution in [2.45, 2.75) is 46.2 Å². The second-order valence-electron chi connectivity index (χ2n) is 3.83. The van der Waals surface area contributed by atoms with E-state index in [0.29, 0.717) is 0 Å². The van der Waals surface area contributed by atoms with Crippen LogP contribution in [0.4, 0.5) is 0 Å². The van der Waals surface area contributed by atoms with Crippen LogP contribution in [0.2, 0.25) is 0 Å². The van der Waals surface area contributed by atoms with Crippen LogP contribution < -0.4 is 10.6 Å². The average Bonchev–Trinajstić information content (AvgIpc) is 1.81. The topological polar surface area (TPSA) is 58.2 Å². The Morgan fingerprint density at radius 3 is 1.92 bits per heavy atom. The highest BCUT2D eigenvalue weighted by Crippen LogP contribution is 2.08. The lowest BCUT2D eigenvalue weighted by molar-refractivity contribution is -0.123. The van der Waals surface area contributed by atoms with Crippen molar-refractivity contribution in [1.29, 1.82) is 0 Å². The molecule has 0 saturated carbocycles. The highest BCUT2D eigenvalue weighted by atomic mass is 16.2. The van der Waals surface area contributed by atoms with Gasteiger partial charge in [-0.1, -0.05) is 0 Å². The maximum atomic E-state index is 10.8. The van der Waals surface area contributed by atoms with Gasteiger partial charge in [0.25, 0.3) is 0 Å². The molecule has 1 atom stereocenters. The SMILES string of the molecule is CC(=O)NC(C)C(C)(C)NC(C)=O. The van der Waals surface area contributed by atoms with Gasteiger partial charge in [-0.25, -0.2) is 0 Å². The van der Waals surface area contributed by atoms with E-state index < -0.39 is 5.54 Å². The van der Waals surface area contributed by atoms with E-state index in [1.54, 1.807) is 0 Å². The van der Waals surface area contributed by atoms with Gasteiger partial charge < -0.3 is 10.6 Å². The van der Waals surface area contributed by atoms with E-state index in [2.05, 4.69) is 10.6 Å². The smallest absolute Gasteiger partial charge is 0.217 e. The van der Waals surface area contributed by atoms with E-state index in [1.165, 1.54) is 13.8 Å². The van der Waals surface area contributed by atoms with Gasteiger partial charge in [-0.2, -0.15) is 0 Å². The summed E-state index contributed by atoms with van der Waals surface area (Å²) < 4.78 is 0. The molecule has 0 aliphatic rings. The van der Waals surface area contributed by atoms with E-state index in [-0.39, 0.29) is 17.9 Å². The molecule has 0 heterocycles. The maximum absolute atomic E-state index is 10.8. The van der Waals surface area contributed by atoms with Gasteiger partial charge in [-0.05, 0) is 20.8 Å². The van der Waals surface area contributed by atoms with Gasteiger partial charge in [-0.3, -0.25) is 9.59 Å². The minimum atomic E-state index is -0.419.